The highest BCUT2D eigenvalue weighted by molar-refractivity contribution is 5.88. The summed E-state index contributed by atoms with van der Waals surface area (Å²) in [6, 6.07) is 0. The topological polar surface area (TPSA) is 93.5 Å². The van der Waals surface area contributed by atoms with E-state index in [2.05, 4.69) is 10.4 Å². The number of aryl methyl sites for hydroxylation is 2. The highest BCUT2D eigenvalue weighted by Gasteiger charge is 2.44. The number of amides is 1. The Balaban J connectivity index is 2.07. The van der Waals surface area contributed by atoms with Crippen molar-refractivity contribution in [2.24, 2.45) is 13.0 Å². The van der Waals surface area contributed by atoms with Gasteiger partial charge in [-0.15, -0.1) is 0 Å². The molecule has 7 nitrogen and oxygen atoms in total. The second-order valence-corrected chi connectivity index (χ2v) is 6.06. The molecular weight excluding hydrogens is 286 g/mol. The monoisotopic (exact) mass is 309 g/mol. The maximum absolute atomic E-state index is 12.4. The van der Waals surface area contributed by atoms with Crippen LogP contribution in [0.25, 0.3) is 0 Å². The van der Waals surface area contributed by atoms with E-state index in [1.54, 1.807) is 11.6 Å². The van der Waals surface area contributed by atoms with E-state index in [1.807, 2.05) is 20.9 Å². The molecule has 2 atom stereocenters. The first-order valence-electron chi connectivity index (χ1n) is 7.39. The number of carboxylic acids is 1. The number of aliphatic carboxylic acids is 1. The maximum Gasteiger partial charge on any atom is 0.331 e. The minimum atomic E-state index is -1.29. The second kappa shape index (κ2) is 6.08. The summed E-state index contributed by atoms with van der Waals surface area (Å²) in [5, 5.41) is 16.4. The number of hydrogen-bond donors (Lipinski definition) is 2. The SMILES string of the molecule is Cc1nn(C)c(C)c1CC(C)C(=O)NC1(C(=O)O)CCOC1. The highest BCUT2D eigenvalue weighted by atomic mass is 16.5. The molecule has 122 valence electrons. The van der Waals surface area contributed by atoms with E-state index in [9.17, 15) is 14.7 Å². The first-order valence-corrected chi connectivity index (χ1v) is 7.39. The average Bonchev–Trinajstić information content (AvgIpc) is 3.00. The molecule has 0 saturated carbocycles. The van der Waals surface area contributed by atoms with E-state index < -0.39 is 11.5 Å². The quantitative estimate of drug-likeness (QED) is 0.829. The Kier molecular flexibility index (Phi) is 4.55. The van der Waals surface area contributed by atoms with Crippen LogP contribution in [0, 0.1) is 19.8 Å². The van der Waals surface area contributed by atoms with Crippen LogP contribution in [0.4, 0.5) is 0 Å². The number of carbonyl (C=O) groups excluding carboxylic acids is 1. The lowest BCUT2D eigenvalue weighted by atomic mass is 9.94. The van der Waals surface area contributed by atoms with Crippen molar-refractivity contribution in [3.8, 4) is 0 Å². The van der Waals surface area contributed by atoms with Gasteiger partial charge in [0, 0.05) is 31.7 Å². The number of rotatable bonds is 5. The summed E-state index contributed by atoms with van der Waals surface area (Å²) < 4.78 is 6.94. The third-order valence-corrected chi connectivity index (χ3v) is 4.41. The van der Waals surface area contributed by atoms with Crippen molar-refractivity contribution in [1.82, 2.24) is 15.1 Å². The van der Waals surface area contributed by atoms with Gasteiger partial charge in [0.15, 0.2) is 5.54 Å². The molecule has 0 bridgehead atoms. The average molecular weight is 309 g/mol. The van der Waals surface area contributed by atoms with Crippen molar-refractivity contribution < 1.29 is 19.4 Å². The van der Waals surface area contributed by atoms with Crippen LogP contribution in [0.15, 0.2) is 0 Å². The molecule has 1 aliphatic heterocycles. The van der Waals surface area contributed by atoms with E-state index >= 15 is 0 Å². The number of nitrogens with zero attached hydrogens (tertiary/aromatic N) is 2. The molecule has 0 radical (unpaired) electrons. The van der Waals surface area contributed by atoms with E-state index in [-0.39, 0.29) is 18.4 Å². The predicted molar refractivity (Wildman–Crippen MR) is 79.5 cm³/mol. The fourth-order valence-corrected chi connectivity index (χ4v) is 2.76. The van der Waals surface area contributed by atoms with E-state index in [0.717, 1.165) is 17.0 Å². The van der Waals surface area contributed by atoms with Crippen LogP contribution < -0.4 is 5.32 Å². The molecule has 2 rings (SSSR count). The van der Waals surface area contributed by atoms with Gasteiger partial charge in [0.05, 0.1) is 12.3 Å². The lowest BCUT2D eigenvalue weighted by Crippen LogP contribution is -2.56. The molecular formula is C15H23N3O4. The Hall–Kier alpha value is -1.89. The number of carboxylic acid groups (broad SMARTS) is 1. The van der Waals surface area contributed by atoms with Crippen LogP contribution in [0.3, 0.4) is 0 Å². The maximum atomic E-state index is 12.4. The van der Waals surface area contributed by atoms with Crippen molar-refractivity contribution in [2.45, 2.75) is 39.2 Å². The zero-order valence-corrected chi connectivity index (χ0v) is 13.5. The van der Waals surface area contributed by atoms with Gasteiger partial charge in [-0.2, -0.15) is 5.10 Å². The summed E-state index contributed by atoms with van der Waals surface area (Å²) in [6.45, 7) is 6.04. The first-order chi connectivity index (χ1) is 10.3. The van der Waals surface area contributed by atoms with Gasteiger partial charge in [-0.3, -0.25) is 9.48 Å². The van der Waals surface area contributed by atoms with Crippen LogP contribution in [0.5, 0.6) is 0 Å². The Labute approximate surface area is 129 Å². The molecule has 2 unspecified atom stereocenters. The van der Waals surface area contributed by atoms with E-state index in [1.165, 1.54) is 0 Å². The summed E-state index contributed by atoms with van der Waals surface area (Å²) in [7, 11) is 1.87. The molecule has 0 aliphatic carbocycles. The number of ether oxygens (including phenoxy) is 1. The Morgan fingerprint density at radius 1 is 1.50 bits per heavy atom. The smallest absolute Gasteiger partial charge is 0.331 e. The van der Waals surface area contributed by atoms with Crippen LogP contribution in [-0.2, 0) is 27.8 Å². The van der Waals surface area contributed by atoms with Gasteiger partial charge in [0.25, 0.3) is 0 Å². The minimum Gasteiger partial charge on any atom is -0.479 e. The van der Waals surface area contributed by atoms with Gasteiger partial charge in [-0.05, 0) is 25.8 Å². The van der Waals surface area contributed by atoms with Gasteiger partial charge in [-0.1, -0.05) is 6.92 Å². The molecule has 1 aromatic rings. The zero-order chi connectivity index (χ0) is 16.5. The van der Waals surface area contributed by atoms with Crippen LogP contribution >= 0.6 is 0 Å². The highest BCUT2D eigenvalue weighted by Crippen LogP contribution is 2.21. The van der Waals surface area contributed by atoms with Gasteiger partial charge in [0.1, 0.15) is 0 Å². The minimum absolute atomic E-state index is 0.0196. The third-order valence-electron chi connectivity index (χ3n) is 4.41. The molecule has 1 aromatic heterocycles. The Bertz CT molecular complexity index is 588. The van der Waals surface area contributed by atoms with Gasteiger partial charge >= 0.3 is 5.97 Å². The molecule has 1 amide bonds. The fraction of sp³-hybridized carbons (Fsp3) is 0.667. The fourth-order valence-electron chi connectivity index (χ4n) is 2.76. The third kappa shape index (κ3) is 2.99. The normalized spacial score (nSPS) is 22.5. The van der Waals surface area contributed by atoms with E-state index in [0.29, 0.717) is 19.4 Å². The lowest BCUT2D eigenvalue weighted by Gasteiger charge is -2.25. The largest absolute Gasteiger partial charge is 0.479 e. The molecule has 22 heavy (non-hydrogen) atoms. The number of aromatic nitrogens is 2. The van der Waals surface area contributed by atoms with Crippen molar-refractivity contribution >= 4 is 11.9 Å². The number of carbonyl (C=O) groups is 2. The molecule has 2 N–H and O–H groups in total. The Morgan fingerprint density at radius 3 is 2.64 bits per heavy atom. The van der Waals surface area contributed by atoms with E-state index in [4.69, 9.17) is 4.74 Å². The van der Waals surface area contributed by atoms with Crippen LogP contribution in [0.2, 0.25) is 0 Å². The predicted octanol–water partition coefficient (Wildman–Crippen LogP) is 0.575. The molecule has 0 aromatic carbocycles. The summed E-state index contributed by atoms with van der Waals surface area (Å²) in [4.78, 5) is 23.8. The van der Waals surface area contributed by atoms with Gasteiger partial charge < -0.3 is 15.2 Å². The lowest BCUT2D eigenvalue weighted by molar-refractivity contribution is -0.148. The molecule has 0 spiro atoms. The molecule has 1 aliphatic rings. The van der Waals surface area contributed by atoms with Crippen molar-refractivity contribution in [3.63, 3.8) is 0 Å². The molecule has 2 heterocycles. The van der Waals surface area contributed by atoms with Crippen molar-refractivity contribution in [2.75, 3.05) is 13.2 Å². The van der Waals surface area contributed by atoms with Gasteiger partial charge in [0.2, 0.25) is 5.91 Å². The number of nitrogens with one attached hydrogen (secondary N) is 1. The first kappa shape index (κ1) is 16.5. The van der Waals surface area contributed by atoms with Gasteiger partial charge in [-0.25, -0.2) is 4.79 Å². The summed E-state index contributed by atoms with van der Waals surface area (Å²) in [5.41, 5.74) is 1.67. The second-order valence-electron chi connectivity index (χ2n) is 6.06. The molecule has 7 heteroatoms. The van der Waals surface area contributed by atoms with Crippen LogP contribution in [0.1, 0.15) is 30.3 Å². The summed E-state index contributed by atoms with van der Waals surface area (Å²) >= 11 is 0. The molecule has 1 fully saturated rings. The van der Waals surface area contributed by atoms with Crippen LogP contribution in [-0.4, -0.2) is 45.5 Å². The van der Waals surface area contributed by atoms with Crippen molar-refractivity contribution in [1.29, 1.82) is 0 Å². The zero-order valence-electron chi connectivity index (χ0n) is 13.5. The van der Waals surface area contributed by atoms with Crippen molar-refractivity contribution in [3.05, 3.63) is 17.0 Å². The molecule has 1 saturated heterocycles. The standard InChI is InChI=1S/C15H23N3O4/c1-9(7-12-10(2)17-18(4)11(12)3)13(19)16-15(14(20)21)5-6-22-8-15/h9H,5-8H2,1-4H3,(H,16,19)(H,20,21). The number of hydrogen-bond acceptors (Lipinski definition) is 4. The summed E-state index contributed by atoms with van der Waals surface area (Å²) in [5.74, 6) is -1.65. The Morgan fingerprint density at radius 2 is 2.18 bits per heavy atom. The summed E-state index contributed by atoms with van der Waals surface area (Å²) in [6.07, 6.45) is 0.833.